The highest BCUT2D eigenvalue weighted by atomic mass is 32.2. The fourth-order valence-electron chi connectivity index (χ4n) is 1.94. The Morgan fingerprint density at radius 1 is 1.53 bits per heavy atom. The summed E-state index contributed by atoms with van der Waals surface area (Å²) in [5.41, 5.74) is 1.28. The van der Waals surface area contributed by atoms with Crippen LogP contribution in [0, 0.1) is 18.8 Å². The van der Waals surface area contributed by atoms with E-state index in [4.69, 9.17) is 4.42 Å². The van der Waals surface area contributed by atoms with Crippen LogP contribution in [-0.4, -0.2) is 18.8 Å². The molecule has 1 aliphatic rings. The molecule has 3 heteroatoms. The highest BCUT2D eigenvalue weighted by Gasteiger charge is 2.22. The lowest BCUT2D eigenvalue weighted by Gasteiger charge is -2.12. The van der Waals surface area contributed by atoms with Crippen LogP contribution in [-0.2, 0) is 5.75 Å². The summed E-state index contributed by atoms with van der Waals surface area (Å²) in [5.74, 6) is 5.06. The van der Waals surface area contributed by atoms with Gasteiger partial charge in [0.25, 0.3) is 0 Å². The largest absolute Gasteiger partial charge is 0.468 e. The number of hydrogen-bond acceptors (Lipinski definition) is 3. The molecule has 0 amide bonds. The zero-order valence-electron chi connectivity index (χ0n) is 9.45. The topological polar surface area (TPSA) is 25.2 Å². The number of furan rings is 1. The molecule has 2 rings (SSSR count). The van der Waals surface area contributed by atoms with Crippen LogP contribution in [0.1, 0.15) is 18.2 Å². The highest BCUT2D eigenvalue weighted by Crippen LogP contribution is 2.24. The molecule has 0 spiro atoms. The van der Waals surface area contributed by atoms with E-state index < -0.39 is 0 Å². The monoisotopic (exact) mass is 225 g/mol. The number of thioether (sulfide) groups is 1. The summed E-state index contributed by atoms with van der Waals surface area (Å²) in [6.07, 6.45) is 1.78. The molecule has 2 atom stereocenters. The molecule has 1 aliphatic heterocycles. The average molecular weight is 225 g/mol. The Kier molecular flexibility index (Phi) is 3.76. The van der Waals surface area contributed by atoms with E-state index in [-0.39, 0.29) is 0 Å². The summed E-state index contributed by atoms with van der Waals surface area (Å²) in [6.45, 7) is 6.82. The quantitative estimate of drug-likeness (QED) is 0.853. The van der Waals surface area contributed by atoms with Gasteiger partial charge in [0.2, 0.25) is 0 Å². The van der Waals surface area contributed by atoms with E-state index in [0.717, 1.165) is 23.3 Å². The maximum absolute atomic E-state index is 5.42. The zero-order chi connectivity index (χ0) is 10.7. The van der Waals surface area contributed by atoms with E-state index >= 15 is 0 Å². The normalized spacial score (nSPS) is 26.0. The number of hydrogen-bond donors (Lipinski definition) is 1. The lowest BCUT2D eigenvalue weighted by molar-refractivity contribution is 0.500. The van der Waals surface area contributed by atoms with E-state index in [0.29, 0.717) is 0 Å². The van der Waals surface area contributed by atoms with Crippen LogP contribution in [0.5, 0.6) is 0 Å². The van der Waals surface area contributed by atoms with Crippen molar-refractivity contribution < 1.29 is 4.42 Å². The van der Waals surface area contributed by atoms with Crippen molar-refractivity contribution in [3.63, 3.8) is 0 Å². The summed E-state index contributed by atoms with van der Waals surface area (Å²) in [6, 6.07) is 2.04. The van der Waals surface area contributed by atoms with Crippen molar-refractivity contribution in [2.75, 3.05) is 18.8 Å². The van der Waals surface area contributed by atoms with E-state index in [1.165, 1.54) is 24.4 Å². The van der Waals surface area contributed by atoms with Crippen LogP contribution in [0.4, 0.5) is 0 Å². The fourth-order valence-corrected chi connectivity index (χ4v) is 3.29. The summed E-state index contributed by atoms with van der Waals surface area (Å²) in [4.78, 5) is 0. The van der Waals surface area contributed by atoms with Gasteiger partial charge in [0.05, 0.1) is 12.0 Å². The van der Waals surface area contributed by atoms with Gasteiger partial charge in [-0.2, -0.15) is 11.8 Å². The number of nitrogens with one attached hydrogen (secondary N) is 1. The minimum absolute atomic E-state index is 0.829. The van der Waals surface area contributed by atoms with Crippen LogP contribution in [0.15, 0.2) is 16.7 Å². The molecule has 1 aromatic heterocycles. The van der Waals surface area contributed by atoms with Gasteiger partial charge < -0.3 is 9.73 Å². The summed E-state index contributed by atoms with van der Waals surface area (Å²) in [7, 11) is 0. The zero-order valence-corrected chi connectivity index (χ0v) is 10.3. The smallest absolute Gasteiger partial charge is 0.116 e. The lowest BCUT2D eigenvalue weighted by atomic mass is 10.0. The highest BCUT2D eigenvalue weighted by molar-refractivity contribution is 7.98. The van der Waals surface area contributed by atoms with Crippen molar-refractivity contribution in [2.24, 2.45) is 11.8 Å². The third kappa shape index (κ3) is 2.79. The molecule has 0 bridgehead atoms. The fraction of sp³-hybridized carbons (Fsp3) is 0.667. The predicted octanol–water partition coefficient (Wildman–Crippen LogP) is 2.68. The second-order valence-electron chi connectivity index (χ2n) is 4.44. The molecule has 1 saturated heterocycles. The summed E-state index contributed by atoms with van der Waals surface area (Å²) < 4.78 is 5.42. The molecule has 0 radical (unpaired) electrons. The van der Waals surface area contributed by atoms with Crippen LogP contribution in [0.2, 0.25) is 0 Å². The van der Waals surface area contributed by atoms with Crippen LogP contribution in [0.25, 0.3) is 0 Å². The number of aryl methyl sites for hydroxylation is 1. The second kappa shape index (κ2) is 5.08. The van der Waals surface area contributed by atoms with Crippen LogP contribution >= 0.6 is 11.8 Å². The minimum atomic E-state index is 0.829. The van der Waals surface area contributed by atoms with Crippen molar-refractivity contribution >= 4 is 11.8 Å². The molecule has 1 N–H and O–H groups in total. The van der Waals surface area contributed by atoms with E-state index in [9.17, 15) is 0 Å². The van der Waals surface area contributed by atoms with Crippen molar-refractivity contribution in [3.8, 4) is 0 Å². The van der Waals surface area contributed by atoms with Gasteiger partial charge in [0, 0.05) is 0 Å². The second-order valence-corrected chi connectivity index (χ2v) is 5.47. The van der Waals surface area contributed by atoms with Crippen molar-refractivity contribution in [1.29, 1.82) is 0 Å². The molecule has 2 unspecified atom stereocenters. The maximum Gasteiger partial charge on any atom is 0.116 e. The molecule has 0 saturated carbocycles. The lowest BCUT2D eigenvalue weighted by Crippen LogP contribution is -2.12. The Balaban J connectivity index is 1.73. The van der Waals surface area contributed by atoms with Crippen molar-refractivity contribution in [3.05, 3.63) is 23.7 Å². The van der Waals surface area contributed by atoms with E-state index in [1.54, 1.807) is 6.26 Å². The molecule has 1 fully saturated rings. The van der Waals surface area contributed by atoms with Gasteiger partial charge in [-0.1, -0.05) is 6.92 Å². The van der Waals surface area contributed by atoms with Gasteiger partial charge in [-0.25, -0.2) is 0 Å². The standard InChI is InChI=1S/C12H19NOS/c1-9-3-4-14-12(9)8-15-7-11-6-13-5-10(11)2/h3-4,10-11,13H,5-8H2,1-2H3. The van der Waals surface area contributed by atoms with E-state index in [2.05, 4.69) is 19.2 Å². The molecular weight excluding hydrogens is 206 g/mol. The molecule has 2 heterocycles. The third-order valence-electron chi connectivity index (χ3n) is 3.21. The van der Waals surface area contributed by atoms with E-state index in [1.807, 2.05) is 17.8 Å². The van der Waals surface area contributed by atoms with Gasteiger partial charge in [-0.05, 0) is 49.2 Å². The minimum Gasteiger partial charge on any atom is -0.468 e. The Labute approximate surface area is 95.8 Å². The first-order chi connectivity index (χ1) is 7.27. The van der Waals surface area contributed by atoms with Gasteiger partial charge in [-0.3, -0.25) is 0 Å². The SMILES string of the molecule is Cc1ccoc1CSCC1CNCC1C. The Hall–Kier alpha value is -0.410. The van der Waals surface area contributed by atoms with Gasteiger partial charge in [-0.15, -0.1) is 0 Å². The summed E-state index contributed by atoms with van der Waals surface area (Å²) in [5, 5.41) is 3.44. The molecule has 2 nitrogen and oxygen atoms in total. The average Bonchev–Trinajstić information content (AvgIpc) is 2.78. The Bertz CT molecular complexity index is 310. The van der Waals surface area contributed by atoms with Gasteiger partial charge in [0.15, 0.2) is 0 Å². The summed E-state index contributed by atoms with van der Waals surface area (Å²) >= 11 is 1.99. The first-order valence-corrected chi connectivity index (χ1v) is 6.74. The molecule has 15 heavy (non-hydrogen) atoms. The van der Waals surface area contributed by atoms with Crippen LogP contribution < -0.4 is 5.32 Å². The third-order valence-corrected chi connectivity index (χ3v) is 4.34. The van der Waals surface area contributed by atoms with Crippen LogP contribution in [0.3, 0.4) is 0 Å². The van der Waals surface area contributed by atoms with Gasteiger partial charge >= 0.3 is 0 Å². The van der Waals surface area contributed by atoms with Gasteiger partial charge in [0.1, 0.15) is 5.76 Å². The molecule has 84 valence electrons. The first-order valence-electron chi connectivity index (χ1n) is 5.59. The maximum atomic E-state index is 5.42. The Morgan fingerprint density at radius 2 is 2.40 bits per heavy atom. The van der Waals surface area contributed by atoms with Crippen molar-refractivity contribution in [1.82, 2.24) is 5.32 Å². The Morgan fingerprint density at radius 3 is 3.00 bits per heavy atom. The molecule has 0 aromatic carbocycles. The first kappa shape index (κ1) is 11.1. The van der Waals surface area contributed by atoms with Crippen molar-refractivity contribution in [2.45, 2.75) is 19.6 Å². The number of rotatable bonds is 4. The molecular formula is C12H19NOS. The predicted molar refractivity (Wildman–Crippen MR) is 65.1 cm³/mol. The molecule has 1 aromatic rings. The molecule has 0 aliphatic carbocycles.